The summed E-state index contributed by atoms with van der Waals surface area (Å²) >= 11 is 0. The summed E-state index contributed by atoms with van der Waals surface area (Å²) in [7, 11) is 0. The molecule has 6 nitrogen and oxygen atoms in total. The molecule has 2 aliphatic rings. The van der Waals surface area contributed by atoms with Crippen molar-refractivity contribution in [2.24, 2.45) is 5.92 Å². The molecular weight excluding hydrogens is 426 g/mol. The molecule has 1 aromatic heterocycles. The maximum Gasteiger partial charge on any atom is 0.271 e. The zero-order valence-electron chi connectivity index (χ0n) is 19.2. The number of aromatic nitrogens is 2. The van der Waals surface area contributed by atoms with Crippen LogP contribution >= 0.6 is 0 Å². The minimum absolute atomic E-state index is 0.00441. The highest BCUT2D eigenvalue weighted by atomic mass is 16.5. The predicted octanol–water partition coefficient (Wildman–Crippen LogP) is 4.23. The van der Waals surface area contributed by atoms with Gasteiger partial charge in [0.1, 0.15) is 0 Å². The molecule has 5 atom stereocenters. The zero-order valence-corrected chi connectivity index (χ0v) is 19.2. The Hall–Kier alpha value is -3.09. The number of nitrogens with one attached hydrogen (secondary N) is 1. The van der Waals surface area contributed by atoms with Gasteiger partial charge in [-0.3, -0.25) is 4.79 Å². The first-order valence-electron chi connectivity index (χ1n) is 12.1. The van der Waals surface area contributed by atoms with Crippen LogP contribution in [0.2, 0.25) is 0 Å². The maximum absolute atomic E-state index is 12.8. The van der Waals surface area contributed by atoms with Gasteiger partial charge in [-0.1, -0.05) is 60.7 Å². The lowest BCUT2D eigenvalue weighted by Gasteiger charge is -2.39. The van der Waals surface area contributed by atoms with Gasteiger partial charge in [-0.2, -0.15) is 5.10 Å². The van der Waals surface area contributed by atoms with E-state index >= 15 is 0 Å². The van der Waals surface area contributed by atoms with Crippen LogP contribution in [-0.4, -0.2) is 40.0 Å². The van der Waals surface area contributed by atoms with Crippen molar-refractivity contribution < 1.29 is 14.6 Å². The van der Waals surface area contributed by atoms with Crippen LogP contribution in [0.1, 0.15) is 59.8 Å². The number of fused-ring (bicyclic) bond motifs is 1. The molecule has 2 N–H and O–H groups in total. The number of aliphatic hydroxyl groups is 1. The molecule has 1 aliphatic heterocycles. The van der Waals surface area contributed by atoms with Gasteiger partial charge in [-0.05, 0) is 48.9 Å². The van der Waals surface area contributed by atoms with Crippen LogP contribution in [0.3, 0.4) is 0 Å². The lowest BCUT2D eigenvalue weighted by atomic mass is 9.73. The van der Waals surface area contributed by atoms with Gasteiger partial charge < -0.3 is 15.2 Å². The first-order chi connectivity index (χ1) is 16.6. The molecule has 1 saturated carbocycles. The Morgan fingerprint density at radius 2 is 1.74 bits per heavy atom. The van der Waals surface area contributed by atoms with Gasteiger partial charge in [-0.25, -0.2) is 0 Å². The summed E-state index contributed by atoms with van der Waals surface area (Å²) in [6, 6.07) is 24.0. The molecule has 176 valence electrons. The van der Waals surface area contributed by atoms with Gasteiger partial charge >= 0.3 is 0 Å². The highest BCUT2D eigenvalue weighted by molar-refractivity contribution is 5.92. The molecule has 0 radical (unpaired) electrons. The number of carbonyl (C=O) groups is 1. The molecule has 0 bridgehead atoms. The lowest BCUT2D eigenvalue weighted by molar-refractivity contribution is -0.139. The lowest BCUT2D eigenvalue weighted by Crippen LogP contribution is -2.41. The van der Waals surface area contributed by atoms with E-state index in [-0.39, 0.29) is 29.4 Å². The average Bonchev–Trinajstić information content (AvgIpc) is 3.10. The summed E-state index contributed by atoms with van der Waals surface area (Å²) < 4.78 is 6.59. The van der Waals surface area contributed by atoms with Crippen LogP contribution < -0.4 is 5.32 Å². The van der Waals surface area contributed by atoms with Gasteiger partial charge in [0.2, 0.25) is 0 Å². The number of aliphatic hydroxyl groups excluding tert-OH is 1. The molecule has 2 fully saturated rings. The van der Waals surface area contributed by atoms with Crippen LogP contribution in [0, 0.1) is 5.92 Å². The highest BCUT2D eigenvalue weighted by Crippen LogP contribution is 2.46. The fraction of sp³-hybridized carbons (Fsp3) is 0.393. The molecule has 1 saturated heterocycles. The van der Waals surface area contributed by atoms with Crippen molar-refractivity contribution >= 4 is 5.91 Å². The second kappa shape index (κ2) is 10.0. The van der Waals surface area contributed by atoms with E-state index in [9.17, 15) is 9.90 Å². The smallest absolute Gasteiger partial charge is 0.271 e. The van der Waals surface area contributed by atoms with Crippen molar-refractivity contribution in [2.75, 3.05) is 6.54 Å². The number of ether oxygens (including phenoxy) is 1. The zero-order chi connectivity index (χ0) is 23.4. The van der Waals surface area contributed by atoms with Gasteiger partial charge in [0.05, 0.1) is 18.3 Å². The molecule has 1 amide bonds. The standard InChI is InChI=1S/C28H31N3O3/c32-24-18-26(20-8-3-1-4-9-20)34-25-14-16-28(15-13-22(24)25,21-10-5-2-6-11-21)19-29-27(33)23-12-7-17-30-31-23/h1-12,17,22,24-26,32H,13-16,18-19H2,(H,29,33)/t22-,24+,25+,26+,28+/m1/s1. The third-order valence-corrected chi connectivity index (χ3v) is 7.58. The Morgan fingerprint density at radius 1 is 1.00 bits per heavy atom. The summed E-state index contributed by atoms with van der Waals surface area (Å²) in [5, 5.41) is 22.0. The van der Waals surface area contributed by atoms with E-state index in [1.165, 1.54) is 5.56 Å². The molecule has 34 heavy (non-hydrogen) atoms. The fourth-order valence-corrected chi connectivity index (χ4v) is 5.66. The normalized spacial score (nSPS) is 29.0. The Morgan fingerprint density at radius 3 is 2.47 bits per heavy atom. The van der Waals surface area contributed by atoms with Crippen LogP contribution in [-0.2, 0) is 10.2 Å². The average molecular weight is 458 g/mol. The van der Waals surface area contributed by atoms with Crippen LogP contribution in [0.15, 0.2) is 79.0 Å². The van der Waals surface area contributed by atoms with Crippen molar-refractivity contribution in [3.05, 3.63) is 95.8 Å². The second-order valence-corrected chi connectivity index (χ2v) is 9.56. The van der Waals surface area contributed by atoms with E-state index in [4.69, 9.17) is 4.74 Å². The Balaban J connectivity index is 1.37. The molecule has 2 heterocycles. The largest absolute Gasteiger partial charge is 0.393 e. The third-order valence-electron chi connectivity index (χ3n) is 7.58. The number of amides is 1. The first kappa shape index (κ1) is 22.7. The Labute approximate surface area is 200 Å². The van der Waals surface area contributed by atoms with Crippen molar-refractivity contribution in [1.29, 1.82) is 0 Å². The first-order valence-corrected chi connectivity index (χ1v) is 12.1. The number of carbonyl (C=O) groups excluding carboxylic acids is 1. The van der Waals surface area contributed by atoms with Crippen LogP contribution in [0.4, 0.5) is 0 Å². The summed E-state index contributed by atoms with van der Waals surface area (Å²) in [6.45, 7) is 0.504. The van der Waals surface area contributed by atoms with Gasteiger partial charge in [0.25, 0.3) is 5.91 Å². The molecule has 3 aromatic rings. The van der Waals surface area contributed by atoms with E-state index in [0.717, 1.165) is 31.2 Å². The summed E-state index contributed by atoms with van der Waals surface area (Å²) in [5.41, 5.74) is 2.41. The minimum Gasteiger partial charge on any atom is -0.393 e. The van der Waals surface area contributed by atoms with E-state index in [1.54, 1.807) is 18.3 Å². The predicted molar refractivity (Wildman–Crippen MR) is 129 cm³/mol. The number of hydrogen-bond acceptors (Lipinski definition) is 5. The second-order valence-electron chi connectivity index (χ2n) is 9.56. The maximum atomic E-state index is 12.8. The summed E-state index contributed by atoms with van der Waals surface area (Å²) in [4.78, 5) is 12.8. The number of benzene rings is 2. The Bertz CT molecular complexity index is 1080. The van der Waals surface area contributed by atoms with Crippen molar-refractivity contribution in [2.45, 2.75) is 55.8 Å². The SMILES string of the molecule is O=C(NC[C@]1(c2ccccc2)CC[C@H]2[C@H](CC1)O[C@H](c1ccccc1)C[C@@H]2O)c1cccnn1. The molecule has 0 unspecified atom stereocenters. The van der Waals surface area contributed by atoms with Gasteiger partial charge in [-0.15, -0.1) is 5.10 Å². The van der Waals surface area contributed by atoms with E-state index in [1.807, 2.05) is 24.3 Å². The van der Waals surface area contributed by atoms with Gasteiger partial charge in [0, 0.05) is 30.5 Å². The monoisotopic (exact) mass is 457 g/mol. The summed E-state index contributed by atoms with van der Waals surface area (Å²) in [5.74, 6) is -0.119. The fourth-order valence-electron chi connectivity index (χ4n) is 5.66. The van der Waals surface area contributed by atoms with Gasteiger partial charge in [0.15, 0.2) is 5.69 Å². The quantitative estimate of drug-likeness (QED) is 0.599. The van der Waals surface area contributed by atoms with E-state index in [2.05, 4.69) is 51.9 Å². The van der Waals surface area contributed by atoms with Crippen molar-refractivity contribution in [3.63, 3.8) is 0 Å². The third kappa shape index (κ3) is 4.74. The number of nitrogens with zero attached hydrogens (tertiary/aromatic N) is 2. The van der Waals surface area contributed by atoms with Crippen molar-refractivity contribution in [3.8, 4) is 0 Å². The number of rotatable bonds is 5. The van der Waals surface area contributed by atoms with Crippen molar-refractivity contribution in [1.82, 2.24) is 15.5 Å². The summed E-state index contributed by atoms with van der Waals surface area (Å²) in [6.07, 6.45) is 5.11. The number of hydrogen-bond donors (Lipinski definition) is 2. The molecular formula is C28H31N3O3. The van der Waals surface area contributed by atoms with E-state index in [0.29, 0.717) is 18.7 Å². The topological polar surface area (TPSA) is 84.3 Å². The minimum atomic E-state index is -0.398. The van der Waals surface area contributed by atoms with Crippen LogP contribution in [0.5, 0.6) is 0 Å². The molecule has 2 aromatic carbocycles. The van der Waals surface area contributed by atoms with E-state index < -0.39 is 6.10 Å². The van der Waals surface area contributed by atoms with Crippen LogP contribution in [0.25, 0.3) is 0 Å². The molecule has 1 aliphatic carbocycles. The Kier molecular flexibility index (Phi) is 6.70. The molecule has 6 heteroatoms. The molecule has 5 rings (SSSR count). The highest BCUT2D eigenvalue weighted by Gasteiger charge is 2.44. The molecule has 0 spiro atoms.